The largest absolute Gasteiger partial charge is 0.384 e. The maximum absolute atomic E-state index is 11.1. The van der Waals surface area contributed by atoms with Crippen LogP contribution in [0.4, 0.5) is 0 Å². The maximum Gasteiger partial charge on any atom is 0.107 e. The summed E-state index contributed by atoms with van der Waals surface area (Å²) in [5.41, 5.74) is 1.88. The van der Waals surface area contributed by atoms with Crippen LogP contribution in [-0.4, -0.2) is 11.0 Å². The highest BCUT2D eigenvalue weighted by Gasteiger charge is 2.30. The zero-order chi connectivity index (χ0) is 17.9. The molecule has 0 amide bonds. The molecule has 0 aromatic heterocycles. The Labute approximate surface area is 164 Å². The van der Waals surface area contributed by atoms with Crippen LogP contribution in [-0.2, 0) is 12.0 Å². The molecule has 1 atom stereocenters. The van der Waals surface area contributed by atoms with Gasteiger partial charge < -0.3 is 5.11 Å². The second-order valence-electron chi connectivity index (χ2n) is 7.03. The lowest BCUT2D eigenvalue weighted by Crippen LogP contribution is -2.30. The molecule has 1 N–H and O–H groups in total. The van der Waals surface area contributed by atoms with Gasteiger partial charge in [0.05, 0.1) is 5.88 Å². The number of rotatable bonds is 5. The number of aliphatic hydroxyl groups is 1. The monoisotopic (exact) mass is 396 g/mol. The van der Waals surface area contributed by atoms with Crippen molar-refractivity contribution in [1.82, 2.24) is 0 Å². The highest BCUT2D eigenvalue weighted by Crippen LogP contribution is 2.35. The first kappa shape index (κ1) is 19.0. The average Bonchev–Trinajstić information content (AvgIpc) is 2.65. The fraction of sp³-hybridized carbons (Fsp3) is 0.429. The van der Waals surface area contributed by atoms with Gasteiger partial charge in [0.1, 0.15) is 5.60 Å². The predicted octanol–water partition coefficient (Wildman–Crippen LogP) is 6.71. The molecular weight excluding hydrogens is 375 g/mol. The van der Waals surface area contributed by atoms with E-state index < -0.39 is 5.60 Å². The van der Waals surface area contributed by atoms with Crippen molar-refractivity contribution in [3.8, 4) is 0 Å². The highest BCUT2D eigenvalue weighted by atomic mass is 35.5. The predicted molar refractivity (Wildman–Crippen MR) is 107 cm³/mol. The average molecular weight is 398 g/mol. The zero-order valence-corrected chi connectivity index (χ0v) is 16.4. The van der Waals surface area contributed by atoms with Crippen LogP contribution >= 0.6 is 34.8 Å². The molecule has 0 radical (unpaired) electrons. The lowest BCUT2D eigenvalue weighted by atomic mass is 9.82. The first-order valence-corrected chi connectivity index (χ1v) is 10.1. The zero-order valence-electron chi connectivity index (χ0n) is 14.1. The van der Waals surface area contributed by atoms with E-state index in [0.717, 1.165) is 11.1 Å². The van der Waals surface area contributed by atoms with Crippen molar-refractivity contribution in [3.05, 3.63) is 69.2 Å². The molecule has 2 aromatic carbocycles. The SMILES string of the molecule is OC(CCl)(Cc1ccc(Cl)cc1Cl)c1ccc(C2CCCCC2)cc1. The smallest absolute Gasteiger partial charge is 0.107 e. The minimum Gasteiger partial charge on any atom is -0.384 e. The molecule has 0 saturated heterocycles. The minimum atomic E-state index is -1.15. The summed E-state index contributed by atoms with van der Waals surface area (Å²) >= 11 is 18.4. The normalized spacial score (nSPS) is 18.1. The summed E-state index contributed by atoms with van der Waals surface area (Å²) in [4.78, 5) is 0. The van der Waals surface area contributed by atoms with Crippen LogP contribution in [0.3, 0.4) is 0 Å². The van der Waals surface area contributed by atoms with Crippen LogP contribution in [0.2, 0.25) is 10.0 Å². The van der Waals surface area contributed by atoms with Crippen molar-refractivity contribution in [1.29, 1.82) is 0 Å². The summed E-state index contributed by atoms with van der Waals surface area (Å²) in [7, 11) is 0. The van der Waals surface area contributed by atoms with E-state index in [1.54, 1.807) is 12.1 Å². The van der Waals surface area contributed by atoms with Crippen LogP contribution in [0.25, 0.3) is 0 Å². The van der Waals surface area contributed by atoms with Crippen LogP contribution in [0, 0.1) is 0 Å². The van der Waals surface area contributed by atoms with E-state index >= 15 is 0 Å². The third-order valence-electron chi connectivity index (χ3n) is 5.24. The Morgan fingerprint density at radius 3 is 2.24 bits per heavy atom. The van der Waals surface area contributed by atoms with E-state index in [2.05, 4.69) is 12.1 Å². The number of alkyl halides is 1. The summed E-state index contributed by atoms with van der Waals surface area (Å²) in [5, 5.41) is 12.3. The summed E-state index contributed by atoms with van der Waals surface area (Å²) in [6.07, 6.45) is 6.86. The Morgan fingerprint density at radius 1 is 0.960 bits per heavy atom. The second kappa shape index (κ2) is 8.31. The number of hydrogen-bond donors (Lipinski definition) is 1. The number of benzene rings is 2. The lowest BCUT2D eigenvalue weighted by molar-refractivity contribution is 0.0614. The van der Waals surface area contributed by atoms with Crippen LogP contribution < -0.4 is 0 Å². The van der Waals surface area contributed by atoms with Gasteiger partial charge >= 0.3 is 0 Å². The van der Waals surface area contributed by atoms with E-state index in [4.69, 9.17) is 34.8 Å². The Kier molecular flexibility index (Phi) is 6.33. The van der Waals surface area contributed by atoms with E-state index in [0.29, 0.717) is 22.4 Å². The third kappa shape index (κ3) is 4.52. The molecule has 0 bridgehead atoms. The molecule has 25 heavy (non-hydrogen) atoms. The highest BCUT2D eigenvalue weighted by molar-refractivity contribution is 6.35. The van der Waals surface area contributed by atoms with Gasteiger partial charge in [0, 0.05) is 16.5 Å². The minimum absolute atomic E-state index is 0.106. The molecule has 1 saturated carbocycles. The first-order chi connectivity index (χ1) is 12.0. The van der Waals surface area contributed by atoms with Crippen LogP contribution in [0.5, 0.6) is 0 Å². The second-order valence-corrected chi connectivity index (χ2v) is 8.15. The Morgan fingerprint density at radius 2 is 1.64 bits per heavy atom. The standard InChI is InChI=1S/C21H23Cl3O/c22-14-21(25,13-17-8-11-19(23)12-20(17)24)18-9-6-16(7-10-18)15-4-2-1-3-5-15/h6-12,15,25H,1-5,13-14H2. The Hall–Kier alpha value is -0.730. The van der Waals surface area contributed by atoms with Gasteiger partial charge in [-0.25, -0.2) is 0 Å². The van der Waals surface area contributed by atoms with Gasteiger partial charge in [0.2, 0.25) is 0 Å². The molecule has 0 spiro atoms. The molecule has 1 unspecified atom stereocenters. The number of hydrogen-bond acceptors (Lipinski definition) is 1. The van der Waals surface area contributed by atoms with Gasteiger partial charge in [-0.1, -0.05) is 72.8 Å². The van der Waals surface area contributed by atoms with Crippen molar-refractivity contribution < 1.29 is 5.11 Å². The van der Waals surface area contributed by atoms with Gasteiger partial charge in [0.15, 0.2) is 0 Å². The fourth-order valence-electron chi connectivity index (χ4n) is 3.71. The van der Waals surface area contributed by atoms with Crippen molar-refractivity contribution in [2.45, 2.75) is 50.0 Å². The van der Waals surface area contributed by atoms with E-state index in [-0.39, 0.29) is 5.88 Å². The Balaban J connectivity index is 1.81. The molecule has 0 aliphatic heterocycles. The van der Waals surface area contributed by atoms with Gasteiger partial charge in [-0.15, -0.1) is 11.6 Å². The van der Waals surface area contributed by atoms with E-state index in [9.17, 15) is 5.11 Å². The summed E-state index contributed by atoms with van der Waals surface area (Å²) in [5.74, 6) is 0.756. The quantitative estimate of drug-likeness (QED) is 0.556. The van der Waals surface area contributed by atoms with Crippen LogP contribution in [0.15, 0.2) is 42.5 Å². The van der Waals surface area contributed by atoms with Gasteiger partial charge in [-0.05, 0) is 47.6 Å². The molecule has 1 fully saturated rings. The van der Waals surface area contributed by atoms with Crippen molar-refractivity contribution in [2.75, 3.05) is 5.88 Å². The van der Waals surface area contributed by atoms with Crippen molar-refractivity contribution in [3.63, 3.8) is 0 Å². The summed E-state index contributed by atoms with van der Waals surface area (Å²) < 4.78 is 0. The van der Waals surface area contributed by atoms with Gasteiger partial charge in [-0.3, -0.25) is 0 Å². The first-order valence-electron chi connectivity index (χ1n) is 8.84. The van der Waals surface area contributed by atoms with Crippen molar-refractivity contribution in [2.24, 2.45) is 0 Å². The fourth-order valence-corrected chi connectivity index (χ4v) is 4.43. The van der Waals surface area contributed by atoms with Gasteiger partial charge in [-0.2, -0.15) is 0 Å². The lowest BCUT2D eigenvalue weighted by Gasteiger charge is -2.28. The molecular formula is C21H23Cl3O. The van der Waals surface area contributed by atoms with Crippen molar-refractivity contribution >= 4 is 34.8 Å². The van der Waals surface area contributed by atoms with E-state index in [1.165, 1.54) is 37.7 Å². The third-order valence-corrected chi connectivity index (χ3v) is 6.27. The summed E-state index contributed by atoms with van der Waals surface area (Å²) in [6, 6.07) is 13.6. The molecule has 1 nitrogen and oxygen atoms in total. The van der Waals surface area contributed by atoms with E-state index in [1.807, 2.05) is 18.2 Å². The molecule has 1 aliphatic carbocycles. The molecule has 0 heterocycles. The van der Waals surface area contributed by atoms with Crippen LogP contribution in [0.1, 0.15) is 54.7 Å². The molecule has 1 aliphatic rings. The molecule has 134 valence electrons. The summed E-state index contributed by atoms with van der Waals surface area (Å²) in [6.45, 7) is 0. The molecule has 4 heteroatoms. The van der Waals surface area contributed by atoms with Gasteiger partial charge in [0.25, 0.3) is 0 Å². The Bertz CT molecular complexity index is 708. The molecule has 3 rings (SSSR count). The topological polar surface area (TPSA) is 20.2 Å². The number of halogens is 3. The maximum atomic E-state index is 11.1. The molecule has 2 aromatic rings.